The van der Waals surface area contributed by atoms with Gasteiger partial charge in [0.1, 0.15) is 5.54 Å². The van der Waals surface area contributed by atoms with Crippen molar-refractivity contribution < 1.29 is 9.90 Å². The van der Waals surface area contributed by atoms with Crippen LogP contribution in [0.5, 0.6) is 0 Å². The lowest BCUT2D eigenvalue weighted by atomic mass is 9.96. The van der Waals surface area contributed by atoms with Crippen LogP contribution in [0.3, 0.4) is 0 Å². The molecule has 0 radical (unpaired) electrons. The molecule has 0 aliphatic rings. The van der Waals surface area contributed by atoms with E-state index in [1.54, 1.807) is 18.3 Å². The minimum Gasteiger partial charge on any atom is -0.480 e. The number of carbonyl (C=O) groups is 1. The molecule has 1 heterocycles. The predicted molar refractivity (Wildman–Crippen MR) is 78.6 cm³/mol. The van der Waals surface area contributed by atoms with E-state index in [1.807, 2.05) is 12.3 Å². The molecular weight excluding hydrogens is 260 g/mol. The van der Waals surface area contributed by atoms with Gasteiger partial charge in [0.2, 0.25) is 0 Å². The molecule has 0 aromatic carbocycles. The van der Waals surface area contributed by atoms with Gasteiger partial charge in [-0.05, 0) is 13.3 Å². The van der Waals surface area contributed by atoms with E-state index in [0.29, 0.717) is 13.0 Å². The lowest BCUT2D eigenvalue weighted by Gasteiger charge is -2.25. The highest BCUT2D eigenvalue weighted by Gasteiger charge is 2.31. The minimum atomic E-state index is -0.875. The van der Waals surface area contributed by atoms with Crippen LogP contribution in [0.15, 0.2) is 5.38 Å². The number of rotatable bonds is 6. The van der Waals surface area contributed by atoms with Crippen molar-refractivity contribution in [2.24, 2.45) is 0 Å². The molecule has 1 atom stereocenters. The number of hydrogen-bond donors (Lipinski definition) is 2. The fourth-order valence-corrected chi connectivity index (χ4v) is 2.70. The fraction of sp³-hybridized carbons (Fsp3) is 0.714. The van der Waals surface area contributed by atoms with Crippen LogP contribution in [-0.4, -0.2) is 21.6 Å². The smallest absolute Gasteiger partial charge is 0.323 e. The van der Waals surface area contributed by atoms with E-state index < -0.39 is 11.5 Å². The first-order valence-corrected chi connectivity index (χ1v) is 7.50. The van der Waals surface area contributed by atoms with Crippen molar-refractivity contribution >= 4 is 17.3 Å². The summed E-state index contributed by atoms with van der Waals surface area (Å²) in [4.78, 5) is 15.9. The Hall–Kier alpha value is -0.940. The molecule has 19 heavy (non-hydrogen) atoms. The Labute approximate surface area is 119 Å². The van der Waals surface area contributed by atoms with E-state index >= 15 is 0 Å². The summed E-state index contributed by atoms with van der Waals surface area (Å²) in [6, 6.07) is 0. The zero-order chi connectivity index (χ0) is 14.7. The van der Waals surface area contributed by atoms with E-state index in [2.05, 4.69) is 31.1 Å². The molecule has 0 aliphatic heterocycles. The molecule has 0 saturated carbocycles. The van der Waals surface area contributed by atoms with Crippen LogP contribution < -0.4 is 5.32 Å². The molecule has 0 fully saturated rings. The SMILES string of the molecule is CCCC(C)(NCc1csc(C(C)(C)C)n1)C(=O)O. The van der Waals surface area contributed by atoms with Crippen LogP contribution in [0.25, 0.3) is 0 Å². The topological polar surface area (TPSA) is 62.2 Å². The molecule has 1 aromatic rings. The minimum absolute atomic E-state index is 0.0441. The molecule has 0 aliphatic carbocycles. The highest BCUT2D eigenvalue weighted by molar-refractivity contribution is 7.09. The molecule has 108 valence electrons. The Balaban J connectivity index is 2.70. The average molecular weight is 284 g/mol. The molecule has 1 rings (SSSR count). The predicted octanol–water partition coefficient (Wildman–Crippen LogP) is 3.17. The molecular formula is C14H24N2O2S. The van der Waals surface area contributed by atoms with Crippen LogP contribution in [-0.2, 0) is 16.8 Å². The molecule has 1 aromatic heterocycles. The molecule has 0 bridgehead atoms. The van der Waals surface area contributed by atoms with Crippen LogP contribution in [0.1, 0.15) is 58.2 Å². The van der Waals surface area contributed by atoms with E-state index in [1.165, 1.54) is 0 Å². The first-order chi connectivity index (χ1) is 8.69. The fourth-order valence-electron chi connectivity index (χ4n) is 1.79. The number of carboxylic acid groups (broad SMARTS) is 1. The Morgan fingerprint density at radius 3 is 2.47 bits per heavy atom. The van der Waals surface area contributed by atoms with Gasteiger partial charge in [0.05, 0.1) is 10.7 Å². The first kappa shape index (κ1) is 16.1. The molecule has 0 saturated heterocycles. The van der Waals surface area contributed by atoms with E-state index in [-0.39, 0.29) is 5.41 Å². The highest BCUT2D eigenvalue weighted by Crippen LogP contribution is 2.25. The number of aliphatic carboxylic acids is 1. The first-order valence-electron chi connectivity index (χ1n) is 6.62. The standard InChI is InChI=1S/C14H24N2O2S/c1-6-7-14(5,12(17)18)15-8-10-9-19-11(16-10)13(2,3)4/h9,15H,6-8H2,1-5H3,(H,17,18). The van der Waals surface area contributed by atoms with E-state index in [4.69, 9.17) is 0 Å². The van der Waals surface area contributed by atoms with Gasteiger partial charge in [-0.2, -0.15) is 0 Å². The van der Waals surface area contributed by atoms with E-state index in [0.717, 1.165) is 17.1 Å². The van der Waals surface area contributed by atoms with Gasteiger partial charge in [-0.3, -0.25) is 10.1 Å². The normalized spacial score (nSPS) is 15.2. The molecule has 1 unspecified atom stereocenters. The van der Waals surface area contributed by atoms with Crippen molar-refractivity contribution in [2.75, 3.05) is 0 Å². The summed E-state index contributed by atoms with van der Waals surface area (Å²) in [5, 5.41) is 15.5. The Morgan fingerprint density at radius 1 is 1.42 bits per heavy atom. The van der Waals surface area contributed by atoms with Gasteiger partial charge in [-0.25, -0.2) is 4.98 Å². The Morgan fingerprint density at radius 2 is 2.05 bits per heavy atom. The average Bonchev–Trinajstić information content (AvgIpc) is 2.75. The summed E-state index contributed by atoms with van der Waals surface area (Å²) in [6.45, 7) is 10.6. The van der Waals surface area contributed by atoms with E-state index in [9.17, 15) is 9.90 Å². The second-order valence-corrected chi connectivity index (χ2v) is 6.99. The van der Waals surface area contributed by atoms with Crippen LogP contribution >= 0.6 is 11.3 Å². The molecule has 4 nitrogen and oxygen atoms in total. The summed E-state index contributed by atoms with van der Waals surface area (Å²) in [5.41, 5.74) is 0.0846. The third-order valence-corrected chi connectivity index (χ3v) is 4.39. The third-order valence-electron chi connectivity index (χ3n) is 3.08. The van der Waals surface area contributed by atoms with Crippen LogP contribution in [0.4, 0.5) is 0 Å². The number of nitrogens with one attached hydrogen (secondary N) is 1. The second-order valence-electron chi connectivity index (χ2n) is 6.13. The molecule has 0 amide bonds. The number of aromatic nitrogens is 1. The summed E-state index contributed by atoms with van der Waals surface area (Å²) in [7, 11) is 0. The third kappa shape index (κ3) is 4.28. The van der Waals surface area contributed by atoms with Gasteiger partial charge in [0.15, 0.2) is 0 Å². The van der Waals surface area contributed by atoms with Crippen molar-refractivity contribution in [1.29, 1.82) is 0 Å². The van der Waals surface area contributed by atoms with Gasteiger partial charge >= 0.3 is 5.97 Å². The van der Waals surface area contributed by atoms with Gasteiger partial charge < -0.3 is 5.11 Å². The van der Waals surface area contributed by atoms with Crippen molar-refractivity contribution in [2.45, 2.75) is 65.0 Å². The molecule has 2 N–H and O–H groups in total. The second kappa shape index (κ2) is 6.01. The van der Waals surface area contributed by atoms with Crippen molar-refractivity contribution in [3.63, 3.8) is 0 Å². The zero-order valence-corrected chi connectivity index (χ0v) is 13.2. The van der Waals surface area contributed by atoms with Crippen molar-refractivity contribution in [3.8, 4) is 0 Å². The zero-order valence-electron chi connectivity index (χ0n) is 12.4. The largest absolute Gasteiger partial charge is 0.480 e. The van der Waals surface area contributed by atoms with Gasteiger partial charge in [0, 0.05) is 17.3 Å². The lowest BCUT2D eigenvalue weighted by Crippen LogP contribution is -2.49. The summed E-state index contributed by atoms with van der Waals surface area (Å²) in [6.07, 6.45) is 1.44. The lowest BCUT2D eigenvalue weighted by molar-refractivity contribution is -0.144. The maximum Gasteiger partial charge on any atom is 0.323 e. The molecule has 5 heteroatoms. The summed E-state index contributed by atoms with van der Waals surface area (Å²) < 4.78 is 0. The van der Waals surface area contributed by atoms with Crippen LogP contribution in [0, 0.1) is 0 Å². The van der Waals surface area contributed by atoms with Crippen molar-refractivity contribution in [1.82, 2.24) is 10.3 Å². The number of hydrogen-bond acceptors (Lipinski definition) is 4. The quantitative estimate of drug-likeness (QED) is 0.842. The maximum absolute atomic E-state index is 11.3. The number of carboxylic acids is 1. The number of nitrogens with zero attached hydrogens (tertiary/aromatic N) is 1. The van der Waals surface area contributed by atoms with Gasteiger partial charge in [-0.1, -0.05) is 34.1 Å². The maximum atomic E-state index is 11.3. The van der Waals surface area contributed by atoms with Crippen molar-refractivity contribution in [3.05, 3.63) is 16.1 Å². The Kier molecular flexibility index (Phi) is 5.10. The van der Waals surface area contributed by atoms with Crippen LogP contribution in [0.2, 0.25) is 0 Å². The monoisotopic (exact) mass is 284 g/mol. The van der Waals surface area contributed by atoms with Gasteiger partial charge in [-0.15, -0.1) is 11.3 Å². The summed E-state index contributed by atoms with van der Waals surface area (Å²) in [5.74, 6) is -0.805. The van der Waals surface area contributed by atoms with Gasteiger partial charge in [0.25, 0.3) is 0 Å². The number of thiazole rings is 1. The highest BCUT2D eigenvalue weighted by atomic mass is 32.1. The molecule has 0 spiro atoms. The Bertz CT molecular complexity index is 437. The summed E-state index contributed by atoms with van der Waals surface area (Å²) >= 11 is 1.63.